The van der Waals surface area contributed by atoms with E-state index in [1.54, 1.807) is 0 Å². The molecule has 33 heavy (non-hydrogen) atoms. The first-order valence-corrected chi connectivity index (χ1v) is 14.0. The van der Waals surface area contributed by atoms with Gasteiger partial charge in [0.1, 0.15) is 0 Å². The van der Waals surface area contributed by atoms with E-state index in [1.807, 2.05) is 48.5 Å². The highest BCUT2D eigenvalue weighted by Gasteiger charge is 2.27. The molecule has 0 bridgehead atoms. The molecule has 1 fully saturated rings. The average molecular weight is 529 g/mol. The van der Waals surface area contributed by atoms with Crippen molar-refractivity contribution in [3.63, 3.8) is 0 Å². The first-order valence-electron chi connectivity index (χ1n) is 11.3. The molecule has 0 saturated carbocycles. The molecule has 1 saturated heterocycles. The Hall–Kier alpha value is -2.35. The number of rotatable bonds is 7. The van der Waals surface area contributed by atoms with Gasteiger partial charge in [-0.1, -0.05) is 53.2 Å². The molecule has 3 aromatic carbocycles. The molecule has 0 aliphatic carbocycles. The Labute approximate surface area is 205 Å². The molecule has 3 aromatic rings. The quantitative estimate of drug-likeness (QED) is 0.444. The standard InChI is InChI=1S/C26H30BrN3O2S/c1-3-23-24(30-14-12-28-13-15-30)18-20(16-19-8-7-9-21(27)17-19)26(33(2,31)32)25(23)29-22-10-5-4-6-11-22/h4-11,17-18,28-29H,3,12-16H2,1-2H3. The van der Waals surface area contributed by atoms with E-state index in [1.165, 1.54) is 6.26 Å². The molecule has 0 spiro atoms. The summed E-state index contributed by atoms with van der Waals surface area (Å²) in [5, 5.41) is 6.90. The monoisotopic (exact) mass is 527 g/mol. The van der Waals surface area contributed by atoms with E-state index in [2.05, 4.69) is 50.5 Å². The molecule has 0 aromatic heterocycles. The van der Waals surface area contributed by atoms with Crippen molar-refractivity contribution in [1.82, 2.24) is 5.32 Å². The highest BCUT2D eigenvalue weighted by atomic mass is 79.9. The largest absolute Gasteiger partial charge is 0.369 e. The SMILES string of the molecule is CCc1c(N2CCNCC2)cc(Cc2cccc(Br)c2)c(S(C)(=O)=O)c1Nc1ccccc1. The van der Waals surface area contributed by atoms with Crippen LogP contribution in [-0.2, 0) is 22.7 Å². The topological polar surface area (TPSA) is 61.4 Å². The van der Waals surface area contributed by atoms with Gasteiger partial charge in [-0.3, -0.25) is 0 Å². The van der Waals surface area contributed by atoms with Crippen LogP contribution < -0.4 is 15.5 Å². The summed E-state index contributed by atoms with van der Waals surface area (Å²) in [5.41, 5.74) is 5.62. The number of sulfone groups is 1. The molecule has 2 N–H and O–H groups in total. The molecule has 0 atom stereocenters. The van der Waals surface area contributed by atoms with E-state index in [0.717, 1.165) is 65.1 Å². The summed E-state index contributed by atoms with van der Waals surface area (Å²) in [6, 6.07) is 20.0. The second-order valence-electron chi connectivity index (χ2n) is 8.40. The van der Waals surface area contributed by atoms with Crippen molar-refractivity contribution in [2.45, 2.75) is 24.7 Å². The van der Waals surface area contributed by atoms with Gasteiger partial charge in [0.15, 0.2) is 9.84 Å². The van der Waals surface area contributed by atoms with Crippen molar-refractivity contribution in [2.24, 2.45) is 0 Å². The molecule has 174 valence electrons. The third-order valence-corrected chi connectivity index (χ3v) is 7.65. The molecule has 1 aliphatic rings. The molecule has 0 unspecified atom stereocenters. The van der Waals surface area contributed by atoms with Crippen molar-refractivity contribution >= 4 is 42.8 Å². The molecular formula is C26H30BrN3O2S. The molecule has 5 nitrogen and oxygen atoms in total. The van der Waals surface area contributed by atoms with Crippen molar-refractivity contribution in [3.8, 4) is 0 Å². The third-order valence-electron chi connectivity index (χ3n) is 5.95. The van der Waals surface area contributed by atoms with E-state index in [-0.39, 0.29) is 0 Å². The zero-order chi connectivity index (χ0) is 23.4. The Bertz CT molecular complexity index is 1220. The van der Waals surface area contributed by atoms with E-state index in [4.69, 9.17) is 0 Å². The summed E-state index contributed by atoms with van der Waals surface area (Å²) in [6.07, 6.45) is 2.58. The maximum absolute atomic E-state index is 13.2. The number of piperazine rings is 1. The summed E-state index contributed by atoms with van der Waals surface area (Å²) >= 11 is 3.55. The second-order valence-corrected chi connectivity index (χ2v) is 11.3. The maximum Gasteiger partial charge on any atom is 0.177 e. The van der Waals surface area contributed by atoms with Crippen LogP contribution in [0.4, 0.5) is 17.1 Å². The summed E-state index contributed by atoms with van der Waals surface area (Å²) in [5.74, 6) is 0. The molecule has 7 heteroatoms. The summed E-state index contributed by atoms with van der Waals surface area (Å²) in [6.45, 7) is 5.72. The van der Waals surface area contributed by atoms with Gasteiger partial charge in [-0.2, -0.15) is 0 Å². The van der Waals surface area contributed by atoms with Gasteiger partial charge in [0.25, 0.3) is 0 Å². The van der Waals surface area contributed by atoms with Crippen molar-refractivity contribution < 1.29 is 8.42 Å². The van der Waals surface area contributed by atoms with Crippen LogP contribution >= 0.6 is 15.9 Å². The van der Waals surface area contributed by atoms with Crippen LogP contribution in [-0.4, -0.2) is 40.9 Å². The predicted molar refractivity (Wildman–Crippen MR) is 141 cm³/mol. The fourth-order valence-electron chi connectivity index (χ4n) is 4.51. The second kappa shape index (κ2) is 10.3. The minimum Gasteiger partial charge on any atom is -0.369 e. The highest BCUT2D eigenvalue weighted by Crippen LogP contribution is 2.40. The van der Waals surface area contributed by atoms with E-state index in [0.29, 0.717) is 17.0 Å². The minimum atomic E-state index is -3.50. The van der Waals surface area contributed by atoms with Crippen LogP contribution in [0.5, 0.6) is 0 Å². The van der Waals surface area contributed by atoms with Gasteiger partial charge in [-0.15, -0.1) is 0 Å². The van der Waals surface area contributed by atoms with Gasteiger partial charge in [0.2, 0.25) is 0 Å². The highest BCUT2D eigenvalue weighted by molar-refractivity contribution is 9.10. The van der Waals surface area contributed by atoms with Gasteiger partial charge in [0.05, 0.1) is 10.6 Å². The van der Waals surface area contributed by atoms with Gasteiger partial charge >= 0.3 is 0 Å². The number of anilines is 3. The lowest BCUT2D eigenvalue weighted by Gasteiger charge is -2.33. The number of hydrogen-bond donors (Lipinski definition) is 2. The fraction of sp³-hybridized carbons (Fsp3) is 0.308. The van der Waals surface area contributed by atoms with Crippen molar-refractivity contribution in [3.05, 3.63) is 81.8 Å². The molecule has 0 radical (unpaired) electrons. The molecule has 4 rings (SSSR count). The number of hydrogen-bond acceptors (Lipinski definition) is 5. The lowest BCUT2D eigenvalue weighted by molar-refractivity contribution is 0.587. The first kappa shape index (κ1) is 23.8. The lowest BCUT2D eigenvalue weighted by Crippen LogP contribution is -2.44. The normalized spacial score (nSPS) is 14.3. The number of nitrogens with one attached hydrogen (secondary N) is 2. The predicted octanol–water partition coefficient (Wildman–Crippen LogP) is 5.16. The Balaban J connectivity index is 1.95. The fourth-order valence-corrected chi connectivity index (χ4v) is 6.11. The van der Waals surface area contributed by atoms with Crippen molar-refractivity contribution in [2.75, 3.05) is 42.7 Å². The van der Waals surface area contributed by atoms with E-state index < -0.39 is 9.84 Å². The number of nitrogens with zero attached hydrogens (tertiary/aromatic N) is 1. The number of halogens is 1. The Morgan fingerprint density at radius 1 is 1.03 bits per heavy atom. The zero-order valence-corrected chi connectivity index (χ0v) is 21.5. The summed E-state index contributed by atoms with van der Waals surface area (Å²) in [7, 11) is -3.50. The third kappa shape index (κ3) is 5.60. The summed E-state index contributed by atoms with van der Waals surface area (Å²) < 4.78 is 27.4. The summed E-state index contributed by atoms with van der Waals surface area (Å²) in [4.78, 5) is 2.77. The maximum atomic E-state index is 13.2. The minimum absolute atomic E-state index is 0.391. The van der Waals surface area contributed by atoms with Gasteiger partial charge < -0.3 is 15.5 Å². The van der Waals surface area contributed by atoms with Crippen LogP contribution in [0.3, 0.4) is 0 Å². The van der Waals surface area contributed by atoms with Crippen LogP contribution in [0.15, 0.2) is 70.0 Å². The Kier molecular flexibility index (Phi) is 7.41. The van der Waals surface area contributed by atoms with Crippen LogP contribution in [0.25, 0.3) is 0 Å². The van der Waals surface area contributed by atoms with E-state index >= 15 is 0 Å². The number of benzene rings is 3. The number of para-hydroxylation sites is 1. The lowest BCUT2D eigenvalue weighted by atomic mass is 9.97. The molecular weight excluding hydrogens is 498 g/mol. The molecule has 1 heterocycles. The Morgan fingerprint density at radius 2 is 1.76 bits per heavy atom. The van der Waals surface area contributed by atoms with Gasteiger partial charge in [0, 0.05) is 53.8 Å². The van der Waals surface area contributed by atoms with Crippen molar-refractivity contribution in [1.29, 1.82) is 0 Å². The Morgan fingerprint density at radius 3 is 2.39 bits per heavy atom. The van der Waals surface area contributed by atoms with Crippen LogP contribution in [0.2, 0.25) is 0 Å². The van der Waals surface area contributed by atoms with Gasteiger partial charge in [-0.25, -0.2) is 8.42 Å². The average Bonchev–Trinajstić information content (AvgIpc) is 2.79. The zero-order valence-electron chi connectivity index (χ0n) is 19.1. The van der Waals surface area contributed by atoms with Crippen LogP contribution in [0.1, 0.15) is 23.6 Å². The van der Waals surface area contributed by atoms with Crippen LogP contribution in [0, 0.1) is 0 Å². The van der Waals surface area contributed by atoms with Gasteiger partial charge in [-0.05, 0) is 54.3 Å². The molecule has 0 amide bonds. The first-order chi connectivity index (χ1) is 15.9. The van der Waals surface area contributed by atoms with E-state index in [9.17, 15) is 8.42 Å². The molecule has 1 aliphatic heterocycles. The smallest absolute Gasteiger partial charge is 0.177 e.